The van der Waals surface area contributed by atoms with Gasteiger partial charge in [-0.25, -0.2) is 4.98 Å². The van der Waals surface area contributed by atoms with E-state index in [1.54, 1.807) is 6.20 Å². The highest BCUT2D eigenvalue weighted by Gasteiger charge is 2.21. The summed E-state index contributed by atoms with van der Waals surface area (Å²) in [6, 6.07) is 1.47. The summed E-state index contributed by atoms with van der Waals surface area (Å²) in [6.07, 6.45) is 6.50. The van der Waals surface area contributed by atoms with E-state index in [1.165, 1.54) is 18.9 Å². The third kappa shape index (κ3) is 2.03. The number of nitrogens with one attached hydrogen (secondary N) is 1. The normalized spacial score (nSPS) is 27.5. The molecule has 3 heteroatoms. The summed E-state index contributed by atoms with van der Waals surface area (Å²) in [6.45, 7) is 2.27. The lowest BCUT2D eigenvalue weighted by Gasteiger charge is -2.25. The molecule has 2 unspecified atom stereocenters. The minimum absolute atomic E-state index is 0.0340. The van der Waals surface area contributed by atoms with Crippen molar-refractivity contribution in [3.05, 3.63) is 28.4 Å². The van der Waals surface area contributed by atoms with Crippen LogP contribution in [0.4, 0.5) is 0 Å². The molecule has 1 fully saturated rings. The van der Waals surface area contributed by atoms with Crippen LogP contribution < -0.4 is 5.56 Å². The van der Waals surface area contributed by atoms with E-state index in [0.717, 1.165) is 24.6 Å². The van der Waals surface area contributed by atoms with Crippen molar-refractivity contribution in [1.82, 2.24) is 9.97 Å². The van der Waals surface area contributed by atoms with Gasteiger partial charge in [0.25, 0.3) is 5.56 Å². The van der Waals surface area contributed by atoms with Crippen LogP contribution in [-0.4, -0.2) is 9.97 Å². The third-order valence-corrected chi connectivity index (χ3v) is 3.01. The van der Waals surface area contributed by atoms with Crippen LogP contribution in [-0.2, 0) is 0 Å². The Hall–Kier alpha value is -1.12. The number of hydrogen-bond acceptors (Lipinski definition) is 2. The molecule has 3 nitrogen and oxygen atoms in total. The number of aromatic amines is 1. The Morgan fingerprint density at radius 3 is 3.07 bits per heavy atom. The SMILES string of the molecule is CC1CCCC(c2nccc(=O)[nH]2)C1. The van der Waals surface area contributed by atoms with Gasteiger partial charge in [0.2, 0.25) is 0 Å². The molecule has 14 heavy (non-hydrogen) atoms. The van der Waals surface area contributed by atoms with Crippen LogP contribution in [0.2, 0.25) is 0 Å². The number of aromatic nitrogens is 2. The first-order valence-corrected chi connectivity index (χ1v) is 5.31. The van der Waals surface area contributed by atoms with Crippen LogP contribution in [0.1, 0.15) is 44.3 Å². The van der Waals surface area contributed by atoms with Crippen molar-refractivity contribution in [3.8, 4) is 0 Å². The molecular formula is C11H16N2O. The zero-order chi connectivity index (χ0) is 9.97. The van der Waals surface area contributed by atoms with E-state index in [1.807, 2.05) is 0 Å². The van der Waals surface area contributed by atoms with E-state index in [-0.39, 0.29) is 5.56 Å². The van der Waals surface area contributed by atoms with Crippen LogP contribution >= 0.6 is 0 Å². The van der Waals surface area contributed by atoms with Gasteiger partial charge in [0, 0.05) is 18.2 Å². The van der Waals surface area contributed by atoms with Crippen LogP contribution in [0.25, 0.3) is 0 Å². The smallest absolute Gasteiger partial charge is 0.250 e. The first-order chi connectivity index (χ1) is 6.75. The maximum Gasteiger partial charge on any atom is 0.250 e. The molecule has 1 N–H and O–H groups in total. The Bertz CT molecular complexity index is 358. The van der Waals surface area contributed by atoms with E-state index in [4.69, 9.17) is 0 Å². The van der Waals surface area contributed by atoms with E-state index < -0.39 is 0 Å². The Labute approximate surface area is 83.6 Å². The predicted molar refractivity (Wildman–Crippen MR) is 55.2 cm³/mol. The van der Waals surface area contributed by atoms with Crippen molar-refractivity contribution in [2.24, 2.45) is 5.92 Å². The lowest BCUT2D eigenvalue weighted by molar-refractivity contribution is 0.335. The average molecular weight is 192 g/mol. The molecule has 0 amide bonds. The molecule has 1 aromatic heterocycles. The van der Waals surface area contributed by atoms with Gasteiger partial charge in [-0.1, -0.05) is 19.8 Å². The van der Waals surface area contributed by atoms with Crippen molar-refractivity contribution >= 4 is 0 Å². The highest BCUT2D eigenvalue weighted by atomic mass is 16.1. The van der Waals surface area contributed by atoms with E-state index in [9.17, 15) is 4.79 Å². The summed E-state index contributed by atoms with van der Waals surface area (Å²) in [5.41, 5.74) is -0.0340. The van der Waals surface area contributed by atoms with Crippen molar-refractivity contribution in [1.29, 1.82) is 0 Å². The van der Waals surface area contributed by atoms with Gasteiger partial charge in [-0.2, -0.15) is 0 Å². The van der Waals surface area contributed by atoms with Gasteiger partial charge in [0.15, 0.2) is 0 Å². The quantitative estimate of drug-likeness (QED) is 0.740. The molecular weight excluding hydrogens is 176 g/mol. The van der Waals surface area contributed by atoms with Crippen molar-refractivity contribution in [2.45, 2.75) is 38.5 Å². The Balaban J connectivity index is 2.18. The summed E-state index contributed by atoms with van der Waals surface area (Å²) >= 11 is 0. The number of H-pyrrole nitrogens is 1. The molecule has 2 rings (SSSR count). The van der Waals surface area contributed by atoms with Crippen LogP contribution in [0.15, 0.2) is 17.1 Å². The summed E-state index contributed by atoms with van der Waals surface area (Å²) in [4.78, 5) is 18.2. The number of nitrogens with zero attached hydrogens (tertiary/aromatic N) is 1. The first kappa shape index (κ1) is 9.44. The summed E-state index contributed by atoms with van der Waals surface area (Å²) in [5, 5.41) is 0. The molecule has 0 saturated heterocycles. The summed E-state index contributed by atoms with van der Waals surface area (Å²) in [7, 11) is 0. The van der Waals surface area contributed by atoms with Gasteiger partial charge in [0.05, 0.1) is 0 Å². The lowest BCUT2D eigenvalue weighted by Crippen LogP contribution is -2.17. The second kappa shape index (κ2) is 3.95. The minimum atomic E-state index is -0.0340. The van der Waals surface area contributed by atoms with Crippen molar-refractivity contribution in [2.75, 3.05) is 0 Å². The largest absolute Gasteiger partial charge is 0.310 e. The molecule has 76 valence electrons. The monoisotopic (exact) mass is 192 g/mol. The van der Waals surface area contributed by atoms with Gasteiger partial charge in [-0.15, -0.1) is 0 Å². The standard InChI is InChI=1S/C11H16N2O/c1-8-3-2-4-9(7-8)11-12-6-5-10(14)13-11/h5-6,8-9H,2-4,7H2,1H3,(H,12,13,14). The highest BCUT2D eigenvalue weighted by Crippen LogP contribution is 2.33. The highest BCUT2D eigenvalue weighted by molar-refractivity contribution is 4.99. The molecule has 0 spiro atoms. The van der Waals surface area contributed by atoms with Crippen LogP contribution in [0.3, 0.4) is 0 Å². The molecule has 0 bridgehead atoms. The zero-order valence-electron chi connectivity index (χ0n) is 8.49. The third-order valence-electron chi connectivity index (χ3n) is 3.01. The van der Waals surface area contributed by atoms with E-state index >= 15 is 0 Å². The number of rotatable bonds is 1. The molecule has 0 aliphatic heterocycles. The van der Waals surface area contributed by atoms with E-state index in [0.29, 0.717) is 5.92 Å². The van der Waals surface area contributed by atoms with Gasteiger partial charge < -0.3 is 4.98 Å². The van der Waals surface area contributed by atoms with Crippen LogP contribution in [0.5, 0.6) is 0 Å². The second-order valence-electron chi connectivity index (χ2n) is 4.29. The van der Waals surface area contributed by atoms with Gasteiger partial charge >= 0.3 is 0 Å². The molecule has 1 aromatic rings. The fraction of sp³-hybridized carbons (Fsp3) is 0.636. The predicted octanol–water partition coefficient (Wildman–Crippen LogP) is 2.06. The fourth-order valence-electron chi connectivity index (χ4n) is 2.28. The Kier molecular flexibility index (Phi) is 2.66. The lowest BCUT2D eigenvalue weighted by atomic mass is 9.82. The van der Waals surface area contributed by atoms with Gasteiger partial charge in [0.1, 0.15) is 5.82 Å². The number of hydrogen-bond donors (Lipinski definition) is 1. The van der Waals surface area contributed by atoms with Gasteiger partial charge in [-0.3, -0.25) is 4.79 Å². The molecule has 2 atom stereocenters. The maximum atomic E-state index is 11.1. The van der Waals surface area contributed by atoms with Crippen molar-refractivity contribution in [3.63, 3.8) is 0 Å². The summed E-state index contributed by atoms with van der Waals surface area (Å²) < 4.78 is 0. The molecule has 1 aliphatic rings. The minimum Gasteiger partial charge on any atom is -0.310 e. The first-order valence-electron chi connectivity index (χ1n) is 5.31. The molecule has 1 heterocycles. The Morgan fingerprint density at radius 1 is 1.50 bits per heavy atom. The molecule has 0 aromatic carbocycles. The topological polar surface area (TPSA) is 45.8 Å². The molecule has 1 aliphatic carbocycles. The molecule has 0 radical (unpaired) electrons. The zero-order valence-corrected chi connectivity index (χ0v) is 8.49. The van der Waals surface area contributed by atoms with Crippen molar-refractivity contribution < 1.29 is 0 Å². The van der Waals surface area contributed by atoms with Crippen LogP contribution in [0, 0.1) is 5.92 Å². The fourth-order valence-corrected chi connectivity index (χ4v) is 2.28. The summed E-state index contributed by atoms with van der Waals surface area (Å²) in [5.74, 6) is 2.11. The Morgan fingerprint density at radius 2 is 2.36 bits per heavy atom. The van der Waals surface area contributed by atoms with Gasteiger partial charge in [-0.05, 0) is 18.8 Å². The van der Waals surface area contributed by atoms with E-state index in [2.05, 4.69) is 16.9 Å². The average Bonchev–Trinajstić information content (AvgIpc) is 2.18. The maximum absolute atomic E-state index is 11.1. The second-order valence-corrected chi connectivity index (χ2v) is 4.29. The molecule has 1 saturated carbocycles.